The fourth-order valence-corrected chi connectivity index (χ4v) is 4.20. The quantitative estimate of drug-likeness (QED) is 0.389. The van der Waals surface area contributed by atoms with E-state index in [2.05, 4.69) is 20.1 Å². The molecular formula is C19H14F6N6O2S. The number of hydrogen-bond donors (Lipinski definition) is 0. The summed E-state index contributed by atoms with van der Waals surface area (Å²) >= 11 is 0. The van der Waals surface area contributed by atoms with Gasteiger partial charge in [-0.3, -0.25) is 0 Å². The van der Waals surface area contributed by atoms with Gasteiger partial charge in [0.1, 0.15) is 11.4 Å². The van der Waals surface area contributed by atoms with Crippen LogP contribution in [0, 0.1) is 0 Å². The zero-order chi connectivity index (χ0) is 25.1. The molecule has 34 heavy (non-hydrogen) atoms. The van der Waals surface area contributed by atoms with Crippen LogP contribution < -0.4 is 0 Å². The van der Waals surface area contributed by atoms with Gasteiger partial charge in [0.25, 0.3) is 0 Å². The van der Waals surface area contributed by atoms with Crippen LogP contribution in [0.3, 0.4) is 0 Å². The van der Waals surface area contributed by atoms with Crippen LogP contribution in [-0.4, -0.2) is 43.5 Å². The van der Waals surface area contributed by atoms with E-state index in [1.807, 2.05) is 0 Å². The SMILES string of the molecule is CCS(=O)(=O)c1ccc(-n2cc(C(F)(F)F)cn2)nc1-c1nc2cc(C(F)(F)F)ncc2n1C. The van der Waals surface area contributed by atoms with Crippen LogP contribution in [0.25, 0.3) is 28.4 Å². The molecule has 0 aliphatic rings. The Morgan fingerprint density at radius 3 is 2.29 bits per heavy atom. The molecule has 0 aliphatic heterocycles. The van der Waals surface area contributed by atoms with Crippen LogP contribution in [0.1, 0.15) is 18.2 Å². The first-order valence-corrected chi connectivity index (χ1v) is 11.1. The largest absolute Gasteiger partial charge is 0.433 e. The van der Waals surface area contributed by atoms with Gasteiger partial charge in [0.2, 0.25) is 0 Å². The lowest BCUT2D eigenvalue weighted by atomic mass is 10.3. The van der Waals surface area contributed by atoms with E-state index in [0.29, 0.717) is 18.5 Å². The Labute approximate surface area is 187 Å². The third-order valence-corrected chi connectivity index (χ3v) is 6.73. The van der Waals surface area contributed by atoms with Gasteiger partial charge in [-0.2, -0.15) is 31.4 Å². The second kappa shape index (κ2) is 7.78. The van der Waals surface area contributed by atoms with Gasteiger partial charge in [0.05, 0.1) is 39.6 Å². The molecule has 0 saturated carbocycles. The van der Waals surface area contributed by atoms with E-state index < -0.39 is 33.4 Å². The van der Waals surface area contributed by atoms with Crippen molar-refractivity contribution in [3.05, 3.63) is 48.0 Å². The van der Waals surface area contributed by atoms with E-state index in [4.69, 9.17) is 0 Å². The van der Waals surface area contributed by atoms with Crippen molar-refractivity contribution >= 4 is 20.9 Å². The normalized spacial score (nSPS) is 13.1. The number of halogens is 6. The van der Waals surface area contributed by atoms with Gasteiger partial charge in [-0.05, 0) is 18.2 Å². The number of sulfone groups is 1. The van der Waals surface area contributed by atoms with E-state index in [1.54, 1.807) is 0 Å². The average Bonchev–Trinajstić information content (AvgIpc) is 3.38. The number of rotatable bonds is 4. The maximum absolute atomic E-state index is 13.1. The molecule has 4 aromatic rings. The lowest BCUT2D eigenvalue weighted by molar-refractivity contribution is -0.141. The molecule has 0 aromatic carbocycles. The number of fused-ring (bicyclic) bond motifs is 1. The molecule has 8 nitrogen and oxygen atoms in total. The first-order valence-electron chi connectivity index (χ1n) is 9.48. The lowest BCUT2D eigenvalue weighted by Gasteiger charge is -2.11. The molecule has 4 aromatic heterocycles. The molecule has 0 aliphatic carbocycles. The van der Waals surface area contributed by atoms with Gasteiger partial charge in [-0.25, -0.2) is 28.1 Å². The molecule has 180 valence electrons. The zero-order valence-electron chi connectivity index (χ0n) is 17.3. The first kappa shape index (κ1) is 23.7. The highest BCUT2D eigenvalue weighted by Crippen LogP contribution is 2.33. The van der Waals surface area contributed by atoms with E-state index in [0.717, 1.165) is 16.9 Å². The van der Waals surface area contributed by atoms with Crippen molar-refractivity contribution in [2.24, 2.45) is 7.05 Å². The summed E-state index contributed by atoms with van der Waals surface area (Å²) in [5, 5.41) is 3.63. The van der Waals surface area contributed by atoms with Crippen LogP contribution in [0.2, 0.25) is 0 Å². The van der Waals surface area contributed by atoms with Crippen LogP contribution in [0.5, 0.6) is 0 Å². The lowest BCUT2D eigenvalue weighted by Crippen LogP contribution is -2.11. The first-order chi connectivity index (χ1) is 15.7. The fourth-order valence-electron chi connectivity index (χ4n) is 3.18. The molecule has 0 bridgehead atoms. The number of nitrogens with zero attached hydrogens (tertiary/aromatic N) is 6. The van der Waals surface area contributed by atoms with E-state index in [9.17, 15) is 34.8 Å². The van der Waals surface area contributed by atoms with Crippen molar-refractivity contribution in [1.82, 2.24) is 29.3 Å². The number of imidazole rings is 1. The van der Waals surface area contributed by atoms with Gasteiger partial charge in [0, 0.05) is 13.2 Å². The number of hydrogen-bond acceptors (Lipinski definition) is 6. The minimum atomic E-state index is -4.73. The van der Waals surface area contributed by atoms with Crippen molar-refractivity contribution in [2.75, 3.05) is 5.75 Å². The van der Waals surface area contributed by atoms with E-state index >= 15 is 0 Å². The number of alkyl halides is 6. The standard InChI is InChI=1S/C19H14F6N6O2S/c1-3-34(32,33)13-4-5-15(31-9-10(7-27-31)18(20,21)22)29-16(13)17-28-11-6-14(19(23,24)25)26-8-12(11)30(17)2/h4-9H,3H2,1-2H3. The fraction of sp³-hybridized carbons (Fsp3) is 0.263. The maximum atomic E-state index is 13.1. The predicted octanol–water partition coefficient (Wildman–Crippen LogP) is 4.05. The van der Waals surface area contributed by atoms with Crippen molar-refractivity contribution in [3.8, 4) is 17.3 Å². The zero-order valence-corrected chi connectivity index (χ0v) is 18.2. The van der Waals surface area contributed by atoms with Gasteiger partial charge in [-0.15, -0.1) is 0 Å². The summed E-state index contributed by atoms with van der Waals surface area (Å²) in [7, 11) is -2.48. The summed E-state index contributed by atoms with van der Waals surface area (Å²) in [6, 6.07) is 3.02. The van der Waals surface area contributed by atoms with E-state index in [-0.39, 0.29) is 39.0 Å². The average molecular weight is 504 g/mol. The highest BCUT2D eigenvalue weighted by atomic mass is 32.2. The Hall–Kier alpha value is -3.49. The van der Waals surface area contributed by atoms with Gasteiger partial charge in [-0.1, -0.05) is 6.92 Å². The van der Waals surface area contributed by atoms with Crippen molar-refractivity contribution in [3.63, 3.8) is 0 Å². The summed E-state index contributed by atoms with van der Waals surface area (Å²) in [5.74, 6) is -0.597. The smallest absolute Gasteiger partial charge is 0.324 e. The van der Waals surface area contributed by atoms with Crippen LogP contribution >= 0.6 is 0 Å². The highest BCUT2D eigenvalue weighted by Gasteiger charge is 2.34. The molecule has 15 heteroatoms. The van der Waals surface area contributed by atoms with Crippen LogP contribution in [0.15, 0.2) is 41.7 Å². The molecule has 0 amide bonds. The Bertz CT molecular complexity index is 1500. The minimum Gasteiger partial charge on any atom is -0.324 e. The van der Waals surface area contributed by atoms with Crippen molar-refractivity contribution in [2.45, 2.75) is 24.2 Å². The second-order valence-electron chi connectivity index (χ2n) is 7.14. The summed E-state index contributed by atoms with van der Waals surface area (Å²) in [6.07, 6.45) is -7.19. The molecule has 4 heterocycles. The number of aromatic nitrogens is 6. The molecule has 0 atom stereocenters. The molecule has 0 saturated heterocycles. The van der Waals surface area contributed by atoms with E-state index in [1.165, 1.54) is 24.6 Å². The summed E-state index contributed by atoms with van der Waals surface area (Å²) in [5.41, 5.74) is -2.45. The topological polar surface area (TPSA) is 95.6 Å². The molecule has 0 spiro atoms. The minimum absolute atomic E-state index is 0.117. The monoisotopic (exact) mass is 504 g/mol. The molecule has 0 unspecified atom stereocenters. The van der Waals surface area contributed by atoms with Gasteiger partial charge in [0.15, 0.2) is 21.5 Å². The summed E-state index contributed by atoms with van der Waals surface area (Å²) in [4.78, 5) is 11.4. The Morgan fingerprint density at radius 2 is 1.71 bits per heavy atom. The Kier molecular flexibility index (Phi) is 5.42. The molecule has 0 N–H and O–H groups in total. The third kappa shape index (κ3) is 4.10. The summed E-state index contributed by atoms with van der Waals surface area (Å²) in [6.45, 7) is 1.38. The molecule has 4 rings (SSSR count). The Balaban J connectivity index is 1.95. The third-order valence-electron chi connectivity index (χ3n) is 4.97. The Morgan fingerprint density at radius 1 is 1.00 bits per heavy atom. The predicted molar refractivity (Wildman–Crippen MR) is 107 cm³/mol. The molecule has 0 fully saturated rings. The van der Waals surface area contributed by atoms with Gasteiger partial charge >= 0.3 is 12.4 Å². The van der Waals surface area contributed by atoms with Crippen molar-refractivity contribution < 1.29 is 34.8 Å². The van der Waals surface area contributed by atoms with Gasteiger partial charge < -0.3 is 4.57 Å². The summed E-state index contributed by atoms with van der Waals surface area (Å²) < 4.78 is 106. The highest BCUT2D eigenvalue weighted by molar-refractivity contribution is 7.91. The molecule has 0 radical (unpaired) electrons. The van der Waals surface area contributed by atoms with Crippen LogP contribution in [0.4, 0.5) is 26.3 Å². The second-order valence-corrected chi connectivity index (χ2v) is 9.39. The molecular weight excluding hydrogens is 490 g/mol. The number of pyridine rings is 2. The van der Waals surface area contributed by atoms with Crippen molar-refractivity contribution in [1.29, 1.82) is 0 Å². The maximum Gasteiger partial charge on any atom is 0.433 e. The number of aryl methyl sites for hydroxylation is 1. The van der Waals surface area contributed by atoms with Crippen LogP contribution in [-0.2, 0) is 29.2 Å².